The molecular formula is C27H24BrN5O2. The van der Waals surface area contributed by atoms with Gasteiger partial charge in [-0.1, -0.05) is 6.07 Å². The van der Waals surface area contributed by atoms with Crippen LogP contribution in [0.4, 0.5) is 5.69 Å². The van der Waals surface area contributed by atoms with Gasteiger partial charge in [-0.2, -0.15) is 5.10 Å². The van der Waals surface area contributed by atoms with Crippen molar-refractivity contribution in [1.82, 2.24) is 19.3 Å². The molecule has 1 aliphatic rings. The number of rotatable bonds is 4. The lowest BCUT2D eigenvalue weighted by atomic mass is 10.00. The normalized spacial score (nSPS) is 12.8. The van der Waals surface area contributed by atoms with E-state index in [1.54, 1.807) is 0 Å². The van der Waals surface area contributed by atoms with E-state index < -0.39 is 0 Å². The molecule has 0 spiro atoms. The lowest BCUT2D eigenvalue weighted by Gasteiger charge is -2.24. The van der Waals surface area contributed by atoms with Gasteiger partial charge in [-0.3, -0.25) is 14.5 Å². The summed E-state index contributed by atoms with van der Waals surface area (Å²) in [5.74, 6) is -0.250. The third kappa shape index (κ3) is 3.43. The summed E-state index contributed by atoms with van der Waals surface area (Å²) >= 11 is 3.80. The first-order valence-electron chi connectivity index (χ1n) is 11.5. The molecule has 35 heavy (non-hydrogen) atoms. The lowest BCUT2D eigenvalue weighted by Crippen LogP contribution is -2.19. The molecule has 0 unspecified atom stereocenters. The predicted molar refractivity (Wildman–Crippen MR) is 142 cm³/mol. The lowest BCUT2D eigenvalue weighted by molar-refractivity contribution is -0.139. The Bertz CT molecular complexity index is 1650. The minimum absolute atomic E-state index is 0.226. The van der Waals surface area contributed by atoms with E-state index in [2.05, 4.69) is 79.2 Å². The first-order valence-corrected chi connectivity index (χ1v) is 12.3. The van der Waals surface area contributed by atoms with Crippen LogP contribution in [-0.4, -0.2) is 39.0 Å². The second-order valence-electron chi connectivity index (χ2n) is 8.89. The molecule has 6 rings (SSSR count). The van der Waals surface area contributed by atoms with Crippen LogP contribution in [0.1, 0.15) is 11.1 Å². The maximum atomic E-state index is 12.1. The molecule has 0 aliphatic carbocycles. The van der Waals surface area contributed by atoms with E-state index in [0.29, 0.717) is 0 Å². The molecule has 0 fully saturated rings. The van der Waals surface area contributed by atoms with Crippen LogP contribution in [0.2, 0.25) is 0 Å². The van der Waals surface area contributed by atoms with Gasteiger partial charge < -0.3 is 14.6 Å². The van der Waals surface area contributed by atoms with Gasteiger partial charge in [0.25, 0.3) is 0 Å². The van der Waals surface area contributed by atoms with E-state index in [4.69, 9.17) is 4.74 Å². The number of nitrogens with one attached hydrogen (secondary N) is 1. The number of pyridine rings is 1. The Labute approximate surface area is 210 Å². The predicted octanol–water partition coefficient (Wildman–Crippen LogP) is 5.47. The Morgan fingerprint density at radius 1 is 1.20 bits per heavy atom. The first-order chi connectivity index (χ1) is 17.0. The van der Waals surface area contributed by atoms with Crippen molar-refractivity contribution >= 4 is 49.4 Å². The largest absolute Gasteiger partial charge is 0.469 e. The molecule has 0 saturated heterocycles. The summed E-state index contributed by atoms with van der Waals surface area (Å²) < 4.78 is 10.1. The van der Waals surface area contributed by atoms with Crippen LogP contribution in [0.5, 0.6) is 0 Å². The zero-order valence-electron chi connectivity index (χ0n) is 19.7. The Morgan fingerprint density at radius 3 is 2.89 bits per heavy atom. The topological polar surface area (TPSA) is 74.0 Å². The van der Waals surface area contributed by atoms with Gasteiger partial charge in [0.2, 0.25) is 0 Å². The standard InChI is InChI=1S/C27H24BrN5O2/c1-15-19(13-24(34)35-3)25(28)20-12-23(33-9-8-30-26(15)27(20)33)17-6-7-29-21(11-17)16-4-5-22-18(10-16)14-31-32(22)2/h4-7,10-12,14,30H,8-9,13H2,1-3H3. The Kier molecular flexibility index (Phi) is 5.14. The molecule has 0 saturated carbocycles. The summed E-state index contributed by atoms with van der Waals surface area (Å²) in [4.78, 5) is 16.8. The number of anilines is 1. The number of fused-ring (bicyclic) bond motifs is 1. The van der Waals surface area contributed by atoms with E-state index in [-0.39, 0.29) is 12.4 Å². The van der Waals surface area contributed by atoms with E-state index >= 15 is 0 Å². The Balaban J connectivity index is 1.51. The Morgan fingerprint density at radius 2 is 2.06 bits per heavy atom. The van der Waals surface area contributed by atoms with Gasteiger partial charge in [0.05, 0.1) is 42.1 Å². The van der Waals surface area contributed by atoms with Crippen LogP contribution >= 0.6 is 15.9 Å². The van der Waals surface area contributed by atoms with Crippen molar-refractivity contribution in [1.29, 1.82) is 0 Å². The van der Waals surface area contributed by atoms with Crippen LogP contribution < -0.4 is 5.32 Å². The molecule has 1 aliphatic heterocycles. The van der Waals surface area contributed by atoms with E-state index in [0.717, 1.165) is 78.7 Å². The van der Waals surface area contributed by atoms with E-state index in [9.17, 15) is 4.79 Å². The van der Waals surface area contributed by atoms with Gasteiger partial charge in [0.15, 0.2) is 0 Å². The molecule has 0 bridgehead atoms. The summed E-state index contributed by atoms with van der Waals surface area (Å²) in [6.45, 7) is 3.74. The number of carbonyl (C=O) groups excluding carboxylic acids is 1. The van der Waals surface area contributed by atoms with Crippen LogP contribution in [0, 0.1) is 6.92 Å². The minimum Gasteiger partial charge on any atom is -0.469 e. The quantitative estimate of drug-likeness (QED) is 0.312. The Hall–Kier alpha value is -3.65. The summed E-state index contributed by atoms with van der Waals surface area (Å²) in [6, 6.07) is 12.7. The monoisotopic (exact) mass is 529 g/mol. The number of esters is 1. The molecule has 3 aromatic heterocycles. The van der Waals surface area contributed by atoms with Gasteiger partial charge >= 0.3 is 5.97 Å². The molecule has 0 amide bonds. The molecule has 4 heterocycles. The fourth-order valence-corrected chi connectivity index (χ4v) is 5.86. The van der Waals surface area contributed by atoms with Gasteiger partial charge in [-0.25, -0.2) is 0 Å². The molecule has 1 N–H and O–H groups in total. The van der Waals surface area contributed by atoms with Gasteiger partial charge in [0.1, 0.15) is 0 Å². The SMILES string of the molecule is COC(=O)Cc1c(C)c2c3c(cc(-c4ccnc(-c5ccc6c(cnn6C)c5)c4)n3CCN2)c1Br. The first kappa shape index (κ1) is 21.9. The third-order valence-corrected chi connectivity index (χ3v) is 7.85. The average molecular weight is 530 g/mol. The average Bonchev–Trinajstić information content (AvgIpc) is 3.46. The maximum absolute atomic E-state index is 12.1. The number of hydrogen-bond donors (Lipinski definition) is 1. The van der Waals surface area contributed by atoms with Crippen molar-refractivity contribution in [3.63, 3.8) is 0 Å². The molecular weight excluding hydrogens is 506 g/mol. The van der Waals surface area contributed by atoms with Crippen LogP contribution in [0.25, 0.3) is 44.3 Å². The van der Waals surface area contributed by atoms with Crippen molar-refractivity contribution < 1.29 is 9.53 Å². The fourth-order valence-electron chi connectivity index (χ4n) is 5.12. The number of aromatic nitrogens is 4. The number of hydrogen-bond acceptors (Lipinski definition) is 5. The zero-order valence-corrected chi connectivity index (χ0v) is 21.3. The second-order valence-corrected chi connectivity index (χ2v) is 9.68. The smallest absolute Gasteiger partial charge is 0.310 e. The van der Waals surface area contributed by atoms with E-state index in [1.165, 1.54) is 7.11 Å². The highest BCUT2D eigenvalue weighted by molar-refractivity contribution is 9.10. The number of aryl methyl sites for hydroxylation is 1. The van der Waals surface area contributed by atoms with Gasteiger partial charge in [-0.05, 0) is 64.3 Å². The summed E-state index contributed by atoms with van der Waals surface area (Å²) in [5.41, 5.74) is 9.56. The highest BCUT2D eigenvalue weighted by Crippen LogP contribution is 2.43. The molecule has 7 nitrogen and oxygen atoms in total. The summed E-state index contributed by atoms with van der Waals surface area (Å²) in [5, 5.41) is 10.1. The molecule has 0 atom stereocenters. The summed E-state index contributed by atoms with van der Waals surface area (Å²) in [7, 11) is 3.37. The minimum atomic E-state index is -0.250. The molecule has 2 aromatic carbocycles. The highest BCUT2D eigenvalue weighted by atomic mass is 79.9. The van der Waals surface area contributed by atoms with Crippen molar-refractivity contribution in [2.45, 2.75) is 19.9 Å². The third-order valence-electron chi connectivity index (χ3n) is 6.95. The molecule has 5 aromatic rings. The number of methoxy groups -OCH3 is 1. The van der Waals surface area contributed by atoms with Crippen molar-refractivity contribution in [3.05, 3.63) is 64.4 Å². The van der Waals surface area contributed by atoms with Crippen LogP contribution in [0.3, 0.4) is 0 Å². The van der Waals surface area contributed by atoms with Gasteiger partial charge in [-0.15, -0.1) is 0 Å². The van der Waals surface area contributed by atoms with E-state index in [1.807, 2.05) is 24.1 Å². The number of ether oxygens (including phenoxy) is 1. The van der Waals surface area contributed by atoms with Gasteiger partial charge in [0, 0.05) is 58.4 Å². The van der Waals surface area contributed by atoms with Crippen LogP contribution in [0.15, 0.2) is 53.3 Å². The fraction of sp³-hybridized carbons (Fsp3) is 0.222. The van der Waals surface area contributed by atoms with Crippen molar-refractivity contribution in [2.24, 2.45) is 7.05 Å². The molecule has 176 valence electrons. The number of halogens is 1. The zero-order chi connectivity index (χ0) is 24.3. The highest BCUT2D eigenvalue weighted by Gasteiger charge is 2.25. The maximum Gasteiger partial charge on any atom is 0.310 e. The second kappa shape index (κ2) is 8.23. The number of benzene rings is 2. The van der Waals surface area contributed by atoms with Crippen molar-refractivity contribution in [3.8, 4) is 22.5 Å². The summed E-state index contributed by atoms with van der Waals surface area (Å²) in [6.07, 6.45) is 3.98. The molecule has 8 heteroatoms. The van der Waals surface area contributed by atoms with Crippen molar-refractivity contribution in [2.75, 3.05) is 19.0 Å². The number of nitrogens with zero attached hydrogens (tertiary/aromatic N) is 4. The van der Waals surface area contributed by atoms with Crippen LogP contribution in [-0.2, 0) is 29.5 Å². The number of carbonyl (C=O) groups is 1. The molecule has 0 radical (unpaired) electrons.